The number of nitrogens with zero attached hydrogens (tertiary/aromatic N) is 12. The molecule has 0 spiro atoms. The van der Waals surface area contributed by atoms with Crippen molar-refractivity contribution >= 4 is 68.4 Å². The molecule has 0 radical (unpaired) electrons. The number of pyridine rings is 2. The molecule has 80 heavy (non-hydrogen) atoms. The number of nitrogen functional groups attached to an aromatic ring is 2. The topological polar surface area (TPSA) is 250 Å². The van der Waals surface area contributed by atoms with Gasteiger partial charge in [0.25, 0.3) is 22.9 Å². The van der Waals surface area contributed by atoms with Crippen LogP contribution in [-0.4, -0.2) is 69.7 Å². The van der Waals surface area contributed by atoms with Crippen LogP contribution in [0.3, 0.4) is 0 Å². The van der Waals surface area contributed by atoms with Gasteiger partial charge in [0, 0.05) is 85.2 Å². The zero-order chi connectivity index (χ0) is 55.6. The Kier molecular flexibility index (Phi) is 13.6. The Hall–Kier alpha value is -11.2. The van der Waals surface area contributed by atoms with Crippen LogP contribution in [0.2, 0.25) is 0 Å². The van der Waals surface area contributed by atoms with E-state index in [2.05, 4.69) is 52.8 Å². The molecule has 0 fully saturated rings. The van der Waals surface area contributed by atoms with Gasteiger partial charge in [0.1, 0.15) is 11.1 Å². The number of rotatable bonds is 10. The number of carbonyl (C=O) groups excluding carboxylic acids is 2. The van der Waals surface area contributed by atoms with E-state index in [0.717, 1.165) is 22.1 Å². The fourth-order valence-corrected chi connectivity index (χ4v) is 9.62. The van der Waals surface area contributed by atoms with Gasteiger partial charge in [-0.15, -0.1) is 10.2 Å². The first-order valence-electron chi connectivity index (χ1n) is 25.3. The second-order valence-electron chi connectivity index (χ2n) is 18.8. The Bertz CT molecular complexity index is 4570. The number of hydrogen-bond acceptors (Lipinski definition) is 12. The Balaban J connectivity index is 0.000000169. The molecule has 394 valence electrons. The predicted molar refractivity (Wildman–Crippen MR) is 307 cm³/mol. The van der Waals surface area contributed by atoms with Crippen molar-refractivity contribution in [3.63, 3.8) is 0 Å². The molecule has 0 aliphatic heterocycles. The van der Waals surface area contributed by atoms with Gasteiger partial charge in [-0.1, -0.05) is 90.7 Å². The highest BCUT2D eigenvalue weighted by atomic mass is 16.2. The van der Waals surface area contributed by atoms with Gasteiger partial charge in [-0.2, -0.15) is 10.2 Å². The number of aryl methyl sites for hydroxylation is 2. The molecule has 4 aromatic carbocycles. The molecule has 0 unspecified atom stereocenters. The Labute approximate surface area is 455 Å². The maximum absolute atomic E-state index is 14.2. The van der Waals surface area contributed by atoms with Crippen LogP contribution in [0.15, 0.2) is 180 Å². The van der Waals surface area contributed by atoms with Gasteiger partial charge in [-0.3, -0.25) is 37.7 Å². The monoisotopic (exact) mass is 1060 g/mol. The molecule has 8 heterocycles. The van der Waals surface area contributed by atoms with Crippen molar-refractivity contribution in [3.05, 3.63) is 236 Å². The quantitative estimate of drug-likeness (QED) is 0.0989. The van der Waals surface area contributed by atoms with E-state index >= 15 is 0 Å². The first-order valence-corrected chi connectivity index (χ1v) is 25.3. The average molecular weight is 1060 g/mol. The number of nitrogens with two attached hydrogens (primary N) is 2. The lowest BCUT2D eigenvalue weighted by Crippen LogP contribution is -2.32. The van der Waals surface area contributed by atoms with E-state index in [0.29, 0.717) is 55.8 Å². The molecule has 12 rings (SSSR count). The molecule has 8 aromatic heterocycles. The van der Waals surface area contributed by atoms with Gasteiger partial charge in [-0.25, -0.2) is 19.0 Å². The maximum atomic E-state index is 14.2. The van der Waals surface area contributed by atoms with E-state index in [1.54, 1.807) is 67.8 Å². The summed E-state index contributed by atoms with van der Waals surface area (Å²) in [5.41, 5.74) is 18.4. The summed E-state index contributed by atoms with van der Waals surface area (Å²) in [7, 11) is 3.68. The van der Waals surface area contributed by atoms with Crippen LogP contribution < -0.4 is 33.2 Å². The summed E-state index contributed by atoms with van der Waals surface area (Å²) in [6.07, 6.45) is 17.5. The highest BCUT2D eigenvalue weighted by Gasteiger charge is 2.26. The van der Waals surface area contributed by atoms with E-state index in [1.807, 2.05) is 162 Å². The summed E-state index contributed by atoms with van der Waals surface area (Å²) >= 11 is 0. The second-order valence-corrected chi connectivity index (χ2v) is 18.8. The molecule has 20 heteroatoms. The van der Waals surface area contributed by atoms with Crippen LogP contribution in [0.5, 0.6) is 0 Å². The van der Waals surface area contributed by atoms with Crippen LogP contribution in [-0.2, 0) is 14.1 Å². The van der Waals surface area contributed by atoms with Crippen molar-refractivity contribution in [2.24, 2.45) is 14.1 Å². The summed E-state index contributed by atoms with van der Waals surface area (Å²) in [6.45, 7) is 3.65. The highest BCUT2D eigenvalue weighted by molar-refractivity contribution is 6.05. The SMILES string of the molecule is C[C@H](NC(=O)c1c(N)nn2cccnc12)c1cc2cccc(/C=C\c3cnn(C)c3)c2c(=O)n1-c1ccccc1.C[C@H](NC(=O)c1c(N)nn2cccnc12)c1cc2cccc(C#Cc3cnn(C)c3)c2c(=O)n1-c1ccccc1. The van der Waals surface area contributed by atoms with Crippen LogP contribution in [0.4, 0.5) is 11.6 Å². The molecule has 2 atom stereocenters. The second kappa shape index (κ2) is 21.4. The minimum atomic E-state index is -0.576. The normalized spacial score (nSPS) is 12.1. The van der Waals surface area contributed by atoms with Crippen LogP contribution in [0.1, 0.15) is 80.3 Å². The van der Waals surface area contributed by atoms with Crippen molar-refractivity contribution in [2.75, 3.05) is 11.5 Å². The van der Waals surface area contributed by atoms with E-state index < -0.39 is 23.9 Å². The van der Waals surface area contributed by atoms with Crippen LogP contribution >= 0.6 is 0 Å². The molecule has 20 nitrogen and oxygen atoms in total. The van der Waals surface area contributed by atoms with Gasteiger partial charge in [-0.05, 0) is 84.8 Å². The number of carbonyl (C=O) groups is 2. The molecule has 0 saturated heterocycles. The van der Waals surface area contributed by atoms with Crippen molar-refractivity contribution < 1.29 is 9.59 Å². The van der Waals surface area contributed by atoms with Crippen LogP contribution in [0, 0.1) is 11.8 Å². The van der Waals surface area contributed by atoms with Gasteiger partial charge < -0.3 is 22.1 Å². The molecule has 0 saturated carbocycles. The van der Waals surface area contributed by atoms with Crippen molar-refractivity contribution in [2.45, 2.75) is 25.9 Å². The fraction of sp³-hybridized carbons (Fsp3) is 0.100. The lowest BCUT2D eigenvalue weighted by molar-refractivity contribution is 0.0932. The molecule has 2 amide bonds. The zero-order valence-electron chi connectivity index (χ0n) is 43.6. The van der Waals surface area contributed by atoms with Gasteiger partial charge in [0.05, 0.1) is 40.8 Å². The minimum absolute atomic E-state index is 0.0687. The van der Waals surface area contributed by atoms with Crippen LogP contribution in [0.25, 0.3) is 56.4 Å². The number of amides is 2. The number of aromatic nitrogens is 12. The minimum Gasteiger partial charge on any atom is -0.381 e. The largest absolute Gasteiger partial charge is 0.381 e. The summed E-state index contributed by atoms with van der Waals surface area (Å²) < 4.78 is 9.58. The van der Waals surface area contributed by atoms with E-state index in [1.165, 1.54) is 9.03 Å². The Morgan fingerprint density at radius 1 is 0.588 bits per heavy atom. The summed E-state index contributed by atoms with van der Waals surface area (Å²) in [4.78, 5) is 63.7. The number of anilines is 2. The molecular formula is C60H50N16O4. The Morgan fingerprint density at radius 3 is 1.62 bits per heavy atom. The number of fused-ring (bicyclic) bond motifs is 4. The van der Waals surface area contributed by atoms with Crippen molar-refractivity contribution in [1.82, 2.24) is 68.5 Å². The molecule has 6 N–H and O–H groups in total. The number of benzene rings is 4. The Morgan fingerprint density at radius 2 is 1.10 bits per heavy atom. The van der Waals surface area contributed by atoms with Crippen molar-refractivity contribution in [3.8, 4) is 23.2 Å². The maximum Gasteiger partial charge on any atom is 0.264 e. The van der Waals surface area contributed by atoms with Crippen molar-refractivity contribution in [1.29, 1.82) is 0 Å². The van der Waals surface area contributed by atoms with Gasteiger partial charge in [0.15, 0.2) is 22.9 Å². The number of nitrogens with one attached hydrogen (secondary N) is 2. The molecule has 0 aliphatic rings. The number of hydrogen-bond donors (Lipinski definition) is 4. The predicted octanol–water partition coefficient (Wildman–Crippen LogP) is 7.25. The third-order valence-corrected chi connectivity index (χ3v) is 13.3. The average Bonchev–Trinajstić information content (AvgIpc) is 4.34. The molecule has 0 bridgehead atoms. The van der Waals surface area contributed by atoms with E-state index in [-0.39, 0.29) is 33.9 Å². The zero-order valence-corrected chi connectivity index (χ0v) is 43.6. The first-order chi connectivity index (χ1) is 38.8. The molecular weight excluding hydrogens is 1010 g/mol. The summed E-state index contributed by atoms with van der Waals surface area (Å²) in [5, 5.41) is 25.3. The van der Waals surface area contributed by atoms with E-state index in [9.17, 15) is 19.2 Å². The third-order valence-electron chi connectivity index (χ3n) is 13.3. The summed E-state index contributed by atoms with van der Waals surface area (Å²) in [5.74, 6) is 5.51. The third kappa shape index (κ3) is 9.91. The van der Waals surface area contributed by atoms with Gasteiger partial charge in [0.2, 0.25) is 0 Å². The first kappa shape index (κ1) is 50.9. The van der Waals surface area contributed by atoms with Gasteiger partial charge >= 0.3 is 0 Å². The fourth-order valence-electron chi connectivity index (χ4n) is 9.62. The standard InChI is InChI=1S/C30H26N8O2.C30H24N8O2/c2*1-19(34-29(39)26-27(31)35-37-15-7-14-32-28(26)37)24-16-22-9-6-8-21(13-12-20-17-33-36(2)18-20)25(22)30(40)38(24)23-10-4-3-5-11-23/h3-19H,1-2H3,(H2,31,35)(H,34,39);3-11,14-19H,1-2H3,(H2,31,35)(H,34,39)/b13-12-;/t2*19-/m00/s1. The molecule has 0 aliphatic carbocycles. The smallest absolute Gasteiger partial charge is 0.264 e. The molecule has 12 aromatic rings. The highest BCUT2D eigenvalue weighted by Crippen LogP contribution is 2.28. The lowest BCUT2D eigenvalue weighted by atomic mass is 10.0. The van der Waals surface area contributed by atoms with E-state index in [4.69, 9.17) is 11.5 Å². The summed E-state index contributed by atoms with van der Waals surface area (Å²) in [6, 6.07) is 36.1. The lowest BCUT2D eigenvalue weighted by Gasteiger charge is -2.21. The number of para-hydroxylation sites is 2.